The molecule has 1 aromatic carbocycles. The third-order valence-corrected chi connectivity index (χ3v) is 3.17. The van der Waals surface area contributed by atoms with E-state index in [9.17, 15) is 4.79 Å². The summed E-state index contributed by atoms with van der Waals surface area (Å²) in [7, 11) is 0. The van der Waals surface area contributed by atoms with Crippen molar-refractivity contribution in [2.24, 2.45) is 0 Å². The van der Waals surface area contributed by atoms with Gasteiger partial charge < -0.3 is 10.6 Å². The highest BCUT2D eigenvalue weighted by atomic mass is 16.1. The van der Waals surface area contributed by atoms with Crippen LogP contribution in [0.2, 0.25) is 0 Å². The molecule has 0 unspecified atom stereocenters. The molecule has 5 heteroatoms. The Bertz CT molecular complexity index is 603. The number of hydrogen-bond acceptors (Lipinski definition) is 3. The fourth-order valence-corrected chi connectivity index (χ4v) is 2.09. The Labute approximate surface area is 105 Å². The third kappa shape index (κ3) is 1.89. The average Bonchev–Trinajstić information content (AvgIpc) is 2.98. The van der Waals surface area contributed by atoms with E-state index in [0.29, 0.717) is 11.4 Å². The first-order chi connectivity index (χ1) is 8.74. The molecule has 0 spiro atoms. The van der Waals surface area contributed by atoms with Crippen LogP contribution in [0.15, 0.2) is 24.4 Å². The number of H-pyrrole nitrogens is 1. The number of aryl methyl sites for hydroxylation is 1. The fourth-order valence-electron chi connectivity index (χ4n) is 2.09. The number of amides is 1. The highest BCUT2D eigenvalue weighted by Crippen LogP contribution is 2.18. The van der Waals surface area contributed by atoms with E-state index < -0.39 is 0 Å². The highest BCUT2D eigenvalue weighted by Gasteiger charge is 2.14. The second-order valence-corrected chi connectivity index (χ2v) is 4.47. The highest BCUT2D eigenvalue weighted by molar-refractivity contribution is 6.04. The molecule has 0 bridgehead atoms. The minimum absolute atomic E-state index is 0.114. The number of aromatic amines is 1. The maximum atomic E-state index is 12.1. The average molecular weight is 242 g/mol. The van der Waals surface area contributed by atoms with Crippen LogP contribution in [0.3, 0.4) is 0 Å². The van der Waals surface area contributed by atoms with Gasteiger partial charge in [0.05, 0.1) is 6.20 Å². The predicted molar refractivity (Wildman–Crippen MR) is 68.3 cm³/mol. The molecule has 1 amide bonds. The number of fused-ring (bicyclic) bond motifs is 1. The second-order valence-electron chi connectivity index (χ2n) is 4.47. The number of carbonyl (C=O) groups is 1. The van der Waals surface area contributed by atoms with Crippen molar-refractivity contribution >= 4 is 11.7 Å². The first kappa shape index (κ1) is 11.0. The van der Waals surface area contributed by atoms with Crippen LogP contribution in [0, 0.1) is 6.92 Å². The molecule has 5 nitrogen and oxygen atoms in total. The zero-order chi connectivity index (χ0) is 12.5. The smallest absolute Gasteiger partial charge is 0.256 e. The number of nitrogens with zero attached hydrogens (tertiary/aromatic N) is 1. The number of hydrogen-bond donors (Lipinski definition) is 3. The van der Waals surface area contributed by atoms with Gasteiger partial charge in [0.15, 0.2) is 0 Å². The van der Waals surface area contributed by atoms with Crippen LogP contribution >= 0.6 is 0 Å². The Morgan fingerprint density at radius 3 is 2.94 bits per heavy atom. The maximum Gasteiger partial charge on any atom is 0.256 e. The van der Waals surface area contributed by atoms with Crippen molar-refractivity contribution in [2.45, 2.75) is 20.0 Å². The topological polar surface area (TPSA) is 69.8 Å². The van der Waals surface area contributed by atoms with Gasteiger partial charge in [-0.1, -0.05) is 6.07 Å². The Morgan fingerprint density at radius 2 is 2.17 bits per heavy atom. The van der Waals surface area contributed by atoms with Crippen molar-refractivity contribution in [1.82, 2.24) is 15.5 Å². The van der Waals surface area contributed by atoms with Crippen LogP contribution in [0.1, 0.15) is 27.0 Å². The van der Waals surface area contributed by atoms with E-state index in [-0.39, 0.29) is 5.91 Å². The lowest BCUT2D eigenvalue weighted by Gasteiger charge is -2.05. The third-order valence-electron chi connectivity index (χ3n) is 3.17. The molecule has 0 atom stereocenters. The minimum atomic E-state index is -0.114. The predicted octanol–water partition coefficient (Wildman–Crippen LogP) is 1.57. The molecule has 92 valence electrons. The van der Waals surface area contributed by atoms with Crippen LogP contribution in [0.4, 0.5) is 5.82 Å². The number of carbonyl (C=O) groups excluding carboxylic acids is 1. The number of rotatable bonds is 2. The van der Waals surface area contributed by atoms with E-state index in [2.05, 4.69) is 20.8 Å². The van der Waals surface area contributed by atoms with Gasteiger partial charge in [0, 0.05) is 24.2 Å². The van der Waals surface area contributed by atoms with Crippen LogP contribution in [-0.2, 0) is 13.1 Å². The van der Waals surface area contributed by atoms with Gasteiger partial charge in [-0.15, -0.1) is 0 Å². The van der Waals surface area contributed by atoms with E-state index in [1.807, 2.05) is 25.1 Å². The summed E-state index contributed by atoms with van der Waals surface area (Å²) >= 11 is 0. The number of aromatic nitrogens is 2. The quantitative estimate of drug-likeness (QED) is 0.748. The normalized spacial score (nSPS) is 13.4. The Morgan fingerprint density at radius 1 is 1.33 bits per heavy atom. The SMILES string of the molecule is Cc1cn[nH]c1NC(=O)c1ccc2c(c1)CNC2. The molecule has 0 fully saturated rings. The summed E-state index contributed by atoms with van der Waals surface area (Å²) in [5.41, 5.74) is 4.06. The van der Waals surface area contributed by atoms with Gasteiger partial charge in [0.1, 0.15) is 5.82 Å². The minimum Gasteiger partial charge on any atom is -0.309 e. The van der Waals surface area contributed by atoms with E-state index in [4.69, 9.17) is 0 Å². The lowest BCUT2D eigenvalue weighted by atomic mass is 10.1. The van der Waals surface area contributed by atoms with Crippen molar-refractivity contribution in [2.75, 3.05) is 5.32 Å². The molecule has 2 aromatic rings. The Balaban J connectivity index is 1.83. The Hall–Kier alpha value is -2.14. The van der Waals surface area contributed by atoms with Crippen molar-refractivity contribution < 1.29 is 4.79 Å². The van der Waals surface area contributed by atoms with E-state index in [1.165, 1.54) is 11.1 Å². The lowest BCUT2D eigenvalue weighted by molar-refractivity contribution is 0.102. The molecule has 0 aliphatic carbocycles. The van der Waals surface area contributed by atoms with Crippen molar-refractivity contribution in [1.29, 1.82) is 0 Å². The maximum absolute atomic E-state index is 12.1. The molecule has 0 saturated carbocycles. The van der Waals surface area contributed by atoms with Crippen LogP contribution < -0.4 is 10.6 Å². The number of nitrogens with one attached hydrogen (secondary N) is 3. The van der Waals surface area contributed by atoms with Gasteiger partial charge in [-0.25, -0.2) is 0 Å². The largest absolute Gasteiger partial charge is 0.309 e. The molecule has 3 rings (SSSR count). The van der Waals surface area contributed by atoms with Crippen LogP contribution in [0.5, 0.6) is 0 Å². The molecular formula is C13H14N4O. The molecular weight excluding hydrogens is 228 g/mol. The summed E-state index contributed by atoms with van der Waals surface area (Å²) in [6, 6.07) is 5.80. The first-order valence-electron chi connectivity index (χ1n) is 5.88. The number of benzene rings is 1. The van der Waals surface area contributed by atoms with Gasteiger partial charge in [-0.05, 0) is 30.2 Å². The van der Waals surface area contributed by atoms with Crippen LogP contribution in [0.25, 0.3) is 0 Å². The summed E-state index contributed by atoms with van der Waals surface area (Å²) in [4.78, 5) is 12.1. The second kappa shape index (κ2) is 4.27. The zero-order valence-corrected chi connectivity index (χ0v) is 10.1. The molecule has 0 saturated heterocycles. The molecule has 2 heterocycles. The summed E-state index contributed by atoms with van der Waals surface area (Å²) in [5, 5.41) is 12.7. The van der Waals surface area contributed by atoms with Crippen molar-refractivity contribution in [3.63, 3.8) is 0 Å². The van der Waals surface area contributed by atoms with Gasteiger partial charge in [0.25, 0.3) is 5.91 Å². The zero-order valence-electron chi connectivity index (χ0n) is 10.1. The fraction of sp³-hybridized carbons (Fsp3) is 0.231. The summed E-state index contributed by atoms with van der Waals surface area (Å²) < 4.78 is 0. The van der Waals surface area contributed by atoms with E-state index in [1.54, 1.807) is 6.20 Å². The molecule has 1 aliphatic heterocycles. The van der Waals surface area contributed by atoms with Crippen molar-refractivity contribution in [3.05, 3.63) is 46.6 Å². The van der Waals surface area contributed by atoms with Gasteiger partial charge in [0.2, 0.25) is 0 Å². The first-order valence-corrected chi connectivity index (χ1v) is 5.88. The summed E-state index contributed by atoms with van der Waals surface area (Å²) in [6.07, 6.45) is 1.68. The summed E-state index contributed by atoms with van der Waals surface area (Å²) in [6.45, 7) is 3.61. The van der Waals surface area contributed by atoms with Crippen molar-refractivity contribution in [3.8, 4) is 0 Å². The van der Waals surface area contributed by atoms with Crippen LogP contribution in [-0.4, -0.2) is 16.1 Å². The summed E-state index contributed by atoms with van der Waals surface area (Å²) in [5.74, 6) is 0.538. The molecule has 0 radical (unpaired) electrons. The van der Waals surface area contributed by atoms with Gasteiger partial charge in [-0.3, -0.25) is 9.89 Å². The Kier molecular flexibility index (Phi) is 2.60. The standard InChI is InChI=1S/C13H14N4O/c1-8-5-15-17-12(8)16-13(18)9-2-3-10-6-14-7-11(10)4-9/h2-5,14H,6-7H2,1H3,(H2,15,16,17,18). The molecule has 1 aromatic heterocycles. The van der Waals surface area contributed by atoms with E-state index in [0.717, 1.165) is 18.7 Å². The van der Waals surface area contributed by atoms with Gasteiger partial charge in [-0.2, -0.15) is 5.10 Å². The molecule has 3 N–H and O–H groups in total. The molecule has 1 aliphatic rings. The number of anilines is 1. The van der Waals surface area contributed by atoms with E-state index >= 15 is 0 Å². The monoisotopic (exact) mass is 242 g/mol. The van der Waals surface area contributed by atoms with Gasteiger partial charge >= 0.3 is 0 Å². The lowest BCUT2D eigenvalue weighted by Crippen LogP contribution is -2.13. The molecule has 18 heavy (non-hydrogen) atoms.